The second-order valence-corrected chi connectivity index (χ2v) is 3.66. The van der Waals surface area contributed by atoms with Gasteiger partial charge < -0.3 is 4.98 Å². The lowest BCUT2D eigenvalue weighted by Crippen LogP contribution is -1.86. The Balaban J connectivity index is 2.56. The van der Waals surface area contributed by atoms with E-state index in [1.807, 2.05) is 24.3 Å². The monoisotopic (exact) mass is 228 g/mol. The number of aromatic amines is 1. The van der Waals surface area contributed by atoms with E-state index in [9.17, 15) is 10.1 Å². The summed E-state index contributed by atoms with van der Waals surface area (Å²) in [6.07, 6.45) is 4.90. The van der Waals surface area contributed by atoms with E-state index in [4.69, 9.17) is 0 Å². The number of allylic oxidation sites excluding steroid dienone is 1. The largest absolute Gasteiger partial charge is 0.355 e. The number of fused-ring (bicyclic) bond motifs is 1. The Morgan fingerprint density at radius 2 is 2.18 bits per heavy atom. The van der Waals surface area contributed by atoms with E-state index in [-0.39, 0.29) is 0 Å². The molecule has 1 N–H and O–H groups in total. The van der Waals surface area contributed by atoms with Crippen molar-refractivity contribution in [1.82, 2.24) is 4.98 Å². The molecule has 2 aromatic rings. The van der Waals surface area contributed by atoms with E-state index in [1.54, 1.807) is 6.08 Å². The van der Waals surface area contributed by atoms with Gasteiger partial charge in [0.1, 0.15) is 0 Å². The molecule has 0 aliphatic carbocycles. The third-order valence-corrected chi connectivity index (χ3v) is 2.56. The van der Waals surface area contributed by atoms with Crippen LogP contribution in [0.5, 0.6) is 0 Å². The SMILES string of the molecule is C=CCc1c(C=C[N+](=O)[O-])[nH]c2ccccc12. The van der Waals surface area contributed by atoms with Crippen molar-refractivity contribution in [3.8, 4) is 0 Å². The van der Waals surface area contributed by atoms with Crippen molar-refractivity contribution < 1.29 is 4.92 Å². The summed E-state index contributed by atoms with van der Waals surface area (Å²) >= 11 is 0. The number of hydrogen-bond donors (Lipinski definition) is 1. The van der Waals surface area contributed by atoms with Crippen molar-refractivity contribution >= 4 is 17.0 Å². The number of nitro groups is 1. The van der Waals surface area contributed by atoms with Crippen LogP contribution < -0.4 is 0 Å². The Morgan fingerprint density at radius 1 is 1.41 bits per heavy atom. The van der Waals surface area contributed by atoms with Crippen molar-refractivity contribution in [2.24, 2.45) is 0 Å². The molecule has 0 fully saturated rings. The van der Waals surface area contributed by atoms with Gasteiger partial charge in [0.2, 0.25) is 6.20 Å². The number of H-pyrrole nitrogens is 1. The maximum absolute atomic E-state index is 10.3. The first kappa shape index (κ1) is 11.1. The summed E-state index contributed by atoms with van der Waals surface area (Å²) in [5.41, 5.74) is 2.78. The van der Waals surface area contributed by atoms with Gasteiger partial charge in [0.05, 0.1) is 4.92 Å². The van der Waals surface area contributed by atoms with E-state index in [2.05, 4.69) is 11.6 Å². The van der Waals surface area contributed by atoms with Gasteiger partial charge >= 0.3 is 0 Å². The lowest BCUT2D eigenvalue weighted by molar-refractivity contribution is -0.401. The van der Waals surface area contributed by atoms with Crippen LogP contribution in [-0.4, -0.2) is 9.91 Å². The van der Waals surface area contributed by atoms with Crippen LogP contribution in [0.25, 0.3) is 17.0 Å². The first-order valence-electron chi connectivity index (χ1n) is 5.24. The zero-order valence-corrected chi connectivity index (χ0v) is 9.22. The molecule has 0 saturated carbocycles. The van der Waals surface area contributed by atoms with E-state index >= 15 is 0 Å². The predicted molar refractivity (Wildman–Crippen MR) is 68.2 cm³/mol. The molecule has 0 unspecified atom stereocenters. The number of nitrogens with one attached hydrogen (secondary N) is 1. The van der Waals surface area contributed by atoms with Gasteiger partial charge in [-0.3, -0.25) is 10.1 Å². The molecule has 0 aliphatic rings. The van der Waals surface area contributed by atoms with Gasteiger partial charge in [0.25, 0.3) is 0 Å². The summed E-state index contributed by atoms with van der Waals surface area (Å²) in [5, 5.41) is 11.4. The molecule has 2 rings (SSSR count). The van der Waals surface area contributed by atoms with Crippen LogP contribution in [0.15, 0.2) is 43.1 Å². The molecular formula is C13H12N2O2. The molecule has 0 bridgehead atoms. The molecule has 0 amide bonds. The predicted octanol–water partition coefficient (Wildman–Crippen LogP) is 3.14. The number of rotatable bonds is 4. The number of hydrogen-bond acceptors (Lipinski definition) is 2. The maximum atomic E-state index is 10.3. The van der Waals surface area contributed by atoms with Crippen LogP contribution in [0, 0.1) is 10.1 Å². The smallest absolute Gasteiger partial charge is 0.236 e. The highest BCUT2D eigenvalue weighted by Crippen LogP contribution is 2.24. The zero-order chi connectivity index (χ0) is 12.3. The standard InChI is InChI=1S/C13H12N2O2/c1-2-5-10-11-6-3-4-7-12(11)14-13(10)8-9-15(16)17/h2-4,6-9,14H,1,5H2. The van der Waals surface area contributed by atoms with Crippen LogP contribution in [0.1, 0.15) is 11.3 Å². The highest BCUT2D eigenvalue weighted by molar-refractivity contribution is 5.87. The minimum Gasteiger partial charge on any atom is -0.355 e. The van der Waals surface area contributed by atoms with Crippen molar-refractivity contribution in [2.75, 3.05) is 0 Å². The Labute approximate surface area is 98.4 Å². The van der Waals surface area contributed by atoms with Crippen molar-refractivity contribution in [3.05, 3.63) is 64.5 Å². The van der Waals surface area contributed by atoms with Crippen LogP contribution >= 0.6 is 0 Å². The lowest BCUT2D eigenvalue weighted by Gasteiger charge is -1.95. The Kier molecular flexibility index (Phi) is 3.05. The summed E-state index contributed by atoms with van der Waals surface area (Å²) in [6.45, 7) is 3.71. The van der Waals surface area contributed by atoms with E-state index in [1.165, 1.54) is 6.08 Å². The van der Waals surface area contributed by atoms with Crippen molar-refractivity contribution in [3.63, 3.8) is 0 Å². The molecule has 17 heavy (non-hydrogen) atoms. The Morgan fingerprint density at radius 3 is 2.88 bits per heavy atom. The topological polar surface area (TPSA) is 58.9 Å². The Bertz CT molecular complexity index is 596. The average Bonchev–Trinajstić information content (AvgIpc) is 2.66. The molecule has 1 heterocycles. The fourth-order valence-corrected chi connectivity index (χ4v) is 1.86. The van der Waals surface area contributed by atoms with E-state index < -0.39 is 4.92 Å². The molecule has 0 saturated heterocycles. The number of para-hydroxylation sites is 1. The van der Waals surface area contributed by atoms with Gasteiger partial charge in [0.15, 0.2) is 0 Å². The number of nitrogens with zero attached hydrogens (tertiary/aromatic N) is 1. The quantitative estimate of drug-likeness (QED) is 0.496. The van der Waals surface area contributed by atoms with Crippen LogP contribution in [-0.2, 0) is 6.42 Å². The first-order chi connectivity index (χ1) is 8.22. The van der Waals surface area contributed by atoms with Gasteiger partial charge in [-0.05, 0) is 18.1 Å². The zero-order valence-electron chi connectivity index (χ0n) is 9.22. The molecule has 4 nitrogen and oxygen atoms in total. The fourth-order valence-electron chi connectivity index (χ4n) is 1.86. The highest BCUT2D eigenvalue weighted by Gasteiger charge is 2.08. The molecular weight excluding hydrogens is 216 g/mol. The number of benzene rings is 1. The highest BCUT2D eigenvalue weighted by atomic mass is 16.6. The van der Waals surface area contributed by atoms with Crippen LogP contribution in [0.2, 0.25) is 0 Å². The van der Waals surface area contributed by atoms with Gasteiger partial charge in [-0.25, -0.2) is 0 Å². The molecule has 0 aliphatic heterocycles. The molecule has 0 spiro atoms. The van der Waals surface area contributed by atoms with Gasteiger partial charge in [-0.15, -0.1) is 6.58 Å². The second-order valence-electron chi connectivity index (χ2n) is 3.66. The lowest BCUT2D eigenvalue weighted by atomic mass is 10.1. The maximum Gasteiger partial charge on any atom is 0.236 e. The average molecular weight is 228 g/mol. The summed E-state index contributed by atoms with van der Waals surface area (Å²) in [4.78, 5) is 13.0. The Hall–Kier alpha value is -2.36. The molecule has 86 valence electrons. The first-order valence-corrected chi connectivity index (χ1v) is 5.24. The molecule has 1 aromatic heterocycles. The summed E-state index contributed by atoms with van der Waals surface area (Å²) in [7, 11) is 0. The summed E-state index contributed by atoms with van der Waals surface area (Å²) in [5.74, 6) is 0. The van der Waals surface area contributed by atoms with Crippen molar-refractivity contribution in [2.45, 2.75) is 6.42 Å². The minimum atomic E-state index is -0.469. The minimum absolute atomic E-state index is 0.469. The van der Waals surface area contributed by atoms with Gasteiger partial charge in [-0.2, -0.15) is 0 Å². The molecule has 4 heteroatoms. The molecule has 1 aromatic carbocycles. The molecule has 0 atom stereocenters. The normalized spacial score (nSPS) is 11.1. The summed E-state index contributed by atoms with van der Waals surface area (Å²) < 4.78 is 0. The van der Waals surface area contributed by atoms with Gasteiger partial charge in [-0.1, -0.05) is 24.3 Å². The third kappa shape index (κ3) is 2.25. The van der Waals surface area contributed by atoms with Crippen LogP contribution in [0.4, 0.5) is 0 Å². The van der Waals surface area contributed by atoms with Gasteiger partial charge in [0, 0.05) is 22.7 Å². The van der Waals surface area contributed by atoms with E-state index in [0.717, 1.165) is 28.4 Å². The summed E-state index contributed by atoms with van der Waals surface area (Å²) in [6, 6.07) is 7.82. The fraction of sp³-hybridized carbons (Fsp3) is 0.0769. The number of aromatic nitrogens is 1. The third-order valence-electron chi connectivity index (χ3n) is 2.56. The van der Waals surface area contributed by atoms with E-state index in [0.29, 0.717) is 6.42 Å². The van der Waals surface area contributed by atoms with Crippen molar-refractivity contribution in [1.29, 1.82) is 0 Å². The second kappa shape index (κ2) is 4.65. The molecule has 0 radical (unpaired) electrons. The van der Waals surface area contributed by atoms with Crippen LogP contribution in [0.3, 0.4) is 0 Å².